The minimum atomic E-state index is 0.359. The van der Waals surface area contributed by atoms with Crippen molar-refractivity contribution in [1.82, 2.24) is 14.7 Å². The summed E-state index contributed by atoms with van der Waals surface area (Å²) in [6.45, 7) is 6.12. The molecule has 2 heterocycles. The van der Waals surface area contributed by atoms with Crippen molar-refractivity contribution in [2.75, 3.05) is 12.3 Å². The van der Waals surface area contributed by atoms with Crippen LogP contribution in [0.15, 0.2) is 91.1 Å². The SMILES string of the molecule is C=C/C=C(\C=C/C)COn1c(-c2ccccc2)nc2c(N)nc3ccccc3c21. The Morgan fingerprint density at radius 3 is 2.62 bits per heavy atom. The first-order valence-electron chi connectivity index (χ1n) is 9.42. The first-order valence-corrected chi connectivity index (χ1v) is 9.42. The third kappa shape index (κ3) is 3.50. The van der Waals surface area contributed by atoms with Crippen molar-refractivity contribution < 1.29 is 4.84 Å². The van der Waals surface area contributed by atoms with Crippen molar-refractivity contribution in [2.24, 2.45) is 0 Å². The van der Waals surface area contributed by atoms with Crippen molar-refractivity contribution in [3.63, 3.8) is 0 Å². The number of pyridine rings is 1. The van der Waals surface area contributed by atoms with Gasteiger partial charge in [0.2, 0.25) is 0 Å². The molecule has 144 valence electrons. The molecule has 0 aliphatic rings. The maximum atomic E-state index is 6.28. The number of hydrogen-bond acceptors (Lipinski definition) is 4. The molecule has 0 unspecified atom stereocenters. The van der Waals surface area contributed by atoms with Crippen LogP contribution in [-0.4, -0.2) is 21.3 Å². The van der Waals surface area contributed by atoms with Gasteiger partial charge in [0.25, 0.3) is 0 Å². The molecule has 0 saturated heterocycles. The number of rotatable bonds is 6. The molecule has 4 rings (SSSR count). The van der Waals surface area contributed by atoms with Crippen molar-refractivity contribution in [2.45, 2.75) is 6.92 Å². The fraction of sp³-hybridized carbons (Fsp3) is 0.0833. The van der Waals surface area contributed by atoms with Gasteiger partial charge >= 0.3 is 0 Å². The Balaban J connectivity index is 1.96. The number of nitrogens with two attached hydrogens (primary N) is 1. The van der Waals surface area contributed by atoms with Crippen LogP contribution in [0.25, 0.3) is 33.3 Å². The quantitative estimate of drug-likeness (QED) is 0.479. The maximum Gasteiger partial charge on any atom is 0.176 e. The van der Waals surface area contributed by atoms with E-state index in [2.05, 4.69) is 11.6 Å². The molecule has 0 atom stereocenters. The van der Waals surface area contributed by atoms with Crippen LogP contribution in [0.5, 0.6) is 0 Å². The van der Waals surface area contributed by atoms with E-state index in [0.29, 0.717) is 23.8 Å². The van der Waals surface area contributed by atoms with Gasteiger partial charge in [0, 0.05) is 10.9 Å². The highest BCUT2D eigenvalue weighted by Gasteiger charge is 2.19. The molecular weight excluding hydrogens is 360 g/mol. The number of aromatic nitrogens is 3. The zero-order chi connectivity index (χ0) is 20.2. The standard InChI is InChI=1S/C24H22N4O/c1-3-10-17(11-4-2)16-29-28-22-19-14-8-9-15-20(19)26-23(25)21(22)27-24(28)18-12-6-5-7-13-18/h3-15H,1,16H2,2H3,(H2,25,26)/b11-4-,17-10+. The summed E-state index contributed by atoms with van der Waals surface area (Å²) in [5.41, 5.74) is 10.4. The number of anilines is 1. The van der Waals surface area contributed by atoms with Gasteiger partial charge in [-0.25, -0.2) is 9.97 Å². The van der Waals surface area contributed by atoms with E-state index in [9.17, 15) is 0 Å². The smallest absolute Gasteiger partial charge is 0.176 e. The Bertz CT molecular complexity index is 1240. The van der Waals surface area contributed by atoms with Gasteiger partial charge in [-0.2, -0.15) is 4.73 Å². The Hall–Kier alpha value is -3.86. The Labute approximate surface area is 169 Å². The average Bonchev–Trinajstić information content (AvgIpc) is 3.13. The molecule has 0 spiro atoms. The van der Waals surface area contributed by atoms with E-state index in [0.717, 1.165) is 27.6 Å². The van der Waals surface area contributed by atoms with Crippen molar-refractivity contribution in [3.8, 4) is 11.4 Å². The Morgan fingerprint density at radius 2 is 1.86 bits per heavy atom. The summed E-state index contributed by atoms with van der Waals surface area (Å²) in [5, 5.41) is 0.937. The van der Waals surface area contributed by atoms with Gasteiger partial charge < -0.3 is 10.6 Å². The zero-order valence-corrected chi connectivity index (χ0v) is 16.2. The van der Waals surface area contributed by atoms with E-state index in [1.165, 1.54) is 0 Å². The number of imidazole rings is 1. The van der Waals surface area contributed by atoms with Crippen molar-refractivity contribution in [1.29, 1.82) is 0 Å². The molecule has 5 heteroatoms. The number of nitrogens with zero attached hydrogens (tertiary/aromatic N) is 3. The molecular formula is C24H22N4O. The van der Waals surface area contributed by atoms with Gasteiger partial charge in [-0.15, -0.1) is 0 Å². The molecule has 0 aliphatic heterocycles. The van der Waals surface area contributed by atoms with E-state index >= 15 is 0 Å². The van der Waals surface area contributed by atoms with Crippen molar-refractivity contribution >= 4 is 27.8 Å². The lowest BCUT2D eigenvalue weighted by Crippen LogP contribution is -2.15. The highest BCUT2D eigenvalue weighted by Crippen LogP contribution is 2.31. The van der Waals surface area contributed by atoms with Crippen LogP contribution in [0.4, 0.5) is 5.82 Å². The summed E-state index contributed by atoms with van der Waals surface area (Å²) in [7, 11) is 0. The largest absolute Gasteiger partial charge is 0.407 e. The molecule has 4 aromatic rings. The third-order valence-electron chi connectivity index (χ3n) is 4.59. The van der Waals surface area contributed by atoms with E-state index in [1.807, 2.05) is 79.7 Å². The van der Waals surface area contributed by atoms with Crippen LogP contribution in [0, 0.1) is 0 Å². The van der Waals surface area contributed by atoms with E-state index in [4.69, 9.17) is 15.6 Å². The molecule has 0 aliphatic carbocycles. The number of fused-ring (bicyclic) bond motifs is 3. The summed E-state index contributed by atoms with van der Waals surface area (Å²) >= 11 is 0. The van der Waals surface area contributed by atoms with E-state index < -0.39 is 0 Å². The number of allylic oxidation sites excluding steroid dienone is 3. The molecule has 2 aromatic heterocycles. The fourth-order valence-corrected chi connectivity index (χ4v) is 3.33. The van der Waals surface area contributed by atoms with Crippen LogP contribution in [0.2, 0.25) is 0 Å². The second-order valence-corrected chi connectivity index (χ2v) is 6.56. The van der Waals surface area contributed by atoms with Gasteiger partial charge in [0.15, 0.2) is 11.6 Å². The van der Waals surface area contributed by atoms with Crippen LogP contribution in [-0.2, 0) is 0 Å². The molecule has 0 bridgehead atoms. The summed E-state index contributed by atoms with van der Waals surface area (Å²) in [6, 6.07) is 17.8. The predicted molar refractivity (Wildman–Crippen MR) is 119 cm³/mol. The number of hydrogen-bond donors (Lipinski definition) is 1. The van der Waals surface area contributed by atoms with Crippen LogP contribution in [0.1, 0.15) is 6.92 Å². The molecule has 0 saturated carbocycles. The summed E-state index contributed by atoms with van der Waals surface area (Å²) in [4.78, 5) is 15.6. The normalized spacial score (nSPS) is 12.1. The van der Waals surface area contributed by atoms with Crippen LogP contribution >= 0.6 is 0 Å². The lowest BCUT2D eigenvalue weighted by atomic mass is 10.2. The summed E-state index contributed by atoms with van der Waals surface area (Å²) < 4.78 is 1.77. The number of para-hydroxylation sites is 1. The first-order chi connectivity index (χ1) is 14.2. The molecule has 2 aromatic carbocycles. The molecule has 5 nitrogen and oxygen atoms in total. The number of nitrogen functional groups attached to an aromatic ring is 1. The second kappa shape index (κ2) is 8.02. The zero-order valence-electron chi connectivity index (χ0n) is 16.2. The lowest BCUT2D eigenvalue weighted by Gasteiger charge is -2.13. The topological polar surface area (TPSA) is 66.0 Å². The van der Waals surface area contributed by atoms with Gasteiger partial charge in [0.1, 0.15) is 17.6 Å². The van der Waals surface area contributed by atoms with E-state index in [1.54, 1.807) is 10.8 Å². The van der Waals surface area contributed by atoms with E-state index in [-0.39, 0.29) is 0 Å². The maximum absolute atomic E-state index is 6.28. The number of benzene rings is 2. The minimum absolute atomic E-state index is 0.359. The van der Waals surface area contributed by atoms with Crippen LogP contribution < -0.4 is 10.6 Å². The van der Waals surface area contributed by atoms with Gasteiger partial charge in [-0.3, -0.25) is 0 Å². The predicted octanol–water partition coefficient (Wildman–Crippen LogP) is 4.95. The highest BCUT2D eigenvalue weighted by atomic mass is 16.7. The molecule has 0 amide bonds. The molecule has 0 fully saturated rings. The fourth-order valence-electron chi connectivity index (χ4n) is 3.33. The van der Waals surface area contributed by atoms with Crippen LogP contribution in [0.3, 0.4) is 0 Å². The van der Waals surface area contributed by atoms with Gasteiger partial charge in [-0.1, -0.05) is 79.4 Å². The van der Waals surface area contributed by atoms with Gasteiger partial charge in [-0.05, 0) is 18.6 Å². The monoisotopic (exact) mass is 382 g/mol. The highest BCUT2D eigenvalue weighted by molar-refractivity contribution is 6.07. The summed E-state index contributed by atoms with van der Waals surface area (Å²) in [5.74, 6) is 1.07. The third-order valence-corrected chi connectivity index (χ3v) is 4.59. The Kier molecular flexibility index (Phi) is 5.12. The van der Waals surface area contributed by atoms with Crippen molar-refractivity contribution in [3.05, 3.63) is 91.1 Å². The second-order valence-electron chi connectivity index (χ2n) is 6.56. The first kappa shape index (κ1) is 18.5. The molecule has 29 heavy (non-hydrogen) atoms. The molecule has 0 radical (unpaired) electrons. The van der Waals surface area contributed by atoms with Gasteiger partial charge in [0.05, 0.1) is 5.52 Å². The minimum Gasteiger partial charge on any atom is -0.407 e. The lowest BCUT2D eigenvalue weighted by molar-refractivity contribution is 0.145. The Morgan fingerprint density at radius 1 is 1.10 bits per heavy atom. The summed E-state index contributed by atoms with van der Waals surface area (Å²) in [6.07, 6.45) is 7.65. The molecule has 2 N–H and O–H groups in total. The average molecular weight is 382 g/mol.